The van der Waals surface area contributed by atoms with Crippen molar-refractivity contribution in [1.82, 2.24) is 14.9 Å². The number of benzene rings is 1. The minimum atomic E-state index is -0.866. The third-order valence-corrected chi connectivity index (χ3v) is 3.53. The molecule has 0 bridgehead atoms. The summed E-state index contributed by atoms with van der Waals surface area (Å²) in [5.41, 5.74) is 1.68. The number of aliphatic hydroxyl groups is 2. The molecule has 120 valence electrons. The molecule has 1 aromatic heterocycles. The second kappa shape index (κ2) is 7.38. The molecular formula is C16H23N3O3. The zero-order valence-electron chi connectivity index (χ0n) is 13.0. The van der Waals surface area contributed by atoms with Gasteiger partial charge < -0.3 is 20.1 Å². The molecule has 0 aliphatic heterocycles. The van der Waals surface area contributed by atoms with E-state index in [4.69, 9.17) is 5.11 Å². The number of hydrogen-bond acceptors (Lipinski definition) is 4. The topological polar surface area (TPSA) is 87.4 Å². The highest BCUT2D eigenvalue weighted by atomic mass is 16.3. The van der Waals surface area contributed by atoms with Gasteiger partial charge in [0.05, 0.1) is 36.3 Å². The summed E-state index contributed by atoms with van der Waals surface area (Å²) in [6.45, 7) is 3.75. The molecule has 6 nitrogen and oxygen atoms in total. The number of fused-ring (bicyclic) bond motifs is 1. The van der Waals surface area contributed by atoms with Gasteiger partial charge in [-0.3, -0.25) is 4.79 Å². The number of aliphatic hydroxyl groups excluding tert-OH is 2. The predicted molar refractivity (Wildman–Crippen MR) is 84.3 cm³/mol. The fraction of sp³-hybridized carbons (Fsp3) is 0.500. The number of nitrogens with zero attached hydrogens (tertiary/aromatic N) is 2. The van der Waals surface area contributed by atoms with Crippen LogP contribution in [0.4, 0.5) is 0 Å². The first-order chi connectivity index (χ1) is 10.6. The van der Waals surface area contributed by atoms with E-state index in [1.54, 1.807) is 0 Å². The monoisotopic (exact) mass is 305 g/mol. The van der Waals surface area contributed by atoms with Crippen molar-refractivity contribution in [2.24, 2.45) is 0 Å². The van der Waals surface area contributed by atoms with Gasteiger partial charge in [-0.2, -0.15) is 0 Å². The van der Waals surface area contributed by atoms with Crippen LogP contribution in [0.1, 0.15) is 38.6 Å². The molecular weight excluding hydrogens is 282 g/mol. The predicted octanol–water partition coefficient (Wildman–Crippen LogP) is 1.37. The van der Waals surface area contributed by atoms with Gasteiger partial charge in [-0.05, 0) is 25.5 Å². The SMILES string of the molecule is CCCC(=O)N[C@H](C)c1nc2ccccc2n1C[C@@H](O)CO. The van der Waals surface area contributed by atoms with E-state index < -0.39 is 6.10 Å². The summed E-state index contributed by atoms with van der Waals surface area (Å²) >= 11 is 0. The second-order valence-corrected chi connectivity index (χ2v) is 5.44. The van der Waals surface area contributed by atoms with Crippen molar-refractivity contribution in [3.8, 4) is 0 Å². The van der Waals surface area contributed by atoms with Gasteiger partial charge in [-0.15, -0.1) is 0 Å². The van der Waals surface area contributed by atoms with E-state index in [1.807, 2.05) is 42.7 Å². The highest BCUT2D eigenvalue weighted by Crippen LogP contribution is 2.21. The first-order valence-electron chi connectivity index (χ1n) is 7.60. The highest BCUT2D eigenvalue weighted by molar-refractivity contribution is 5.78. The number of carbonyl (C=O) groups is 1. The summed E-state index contributed by atoms with van der Waals surface area (Å²) < 4.78 is 1.85. The van der Waals surface area contributed by atoms with E-state index in [-0.39, 0.29) is 25.1 Å². The molecule has 0 radical (unpaired) electrons. The van der Waals surface area contributed by atoms with Crippen molar-refractivity contribution >= 4 is 16.9 Å². The van der Waals surface area contributed by atoms with Crippen LogP contribution in [0, 0.1) is 0 Å². The van der Waals surface area contributed by atoms with Crippen molar-refractivity contribution in [3.63, 3.8) is 0 Å². The van der Waals surface area contributed by atoms with E-state index in [9.17, 15) is 9.90 Å². The summed E-state index contributed by atoms with van der Waals surface area (Å²) in [5.74, 6) is 0.662. The molecule has 0 fully saturated rings. The molecule has 3 N–H and O–H groups in total. The third kappa shape index (κ3) is 3.64. The lowest BCUT2D eigenvalue weighted by atomic mass is 10.2. The lowest BCUT2D eigenvalue weighted by molar-refractivity contribution is -0.121. The summed E-state index contributed by atoms with van der Waals surface area (Å²) in [5, 5.41) is 21.8. The van der Waals surface area contributed by atoms with Crippen LogP contribution in [0.2, 0.25) is 0 Å². The summed E-state index contributed by atoms with van der Waals surface area (Å²) in [6, 6.07) is 7.33. The number of nitrogens with one attached hydrogen (secondary N) is 1. The van der Waals surface area contributed by atoms with Gasteiger partial charge in [0.15, 0.2) is 0 Å². The van der Waals surface area contributed by atoms with Gasteiger partial charge >= 0.3 is 0 Å². The zero-order chi connectivity index (χ0) is 16.1. The molecule has 0 saturated heterocycles. The first-order valence-corrected chi connectivity index (χ1v) is 7.60. The smallest absolute Gasteiger partial charge is 0.220 e. The number of amides is 1. The van der Waals surface area contributed by atoms with Gasteiger partial charge in [-0.25, -0.2) is 4.98 Å². The van der Waals surface area contributed by atoms with Crippen LogP contribution in [0.3, 0.4) is 0 Å². The minimum Gasteiger partial charge on any atom is -0.394 e. The van der Waals surface area contributed by atoms with Crippen LogP contribution in [0.5, 0.6) is 0 Å². The van der Waals surface area contributed by atoms with Gasteiger partial charge in [0, 0.05) is 6.42 Å². The van der Waals surface area contributed by atoms with E-state index in [1.165, 1.54) is 0 Å². The minimum absolute atomic E-state index is 0.0173. The maximum absolute atomic E-state index is 11.8. The number of para-hydroxylation sites is 2. The van der Waals surface area contributed by atoms with Crippen LogP contribution in [-0.4, -0.2) is 38.4 Å². The van der Waals surface area contributed by atoms with E-state index in [0.717, 1.165) is 17.5 Å². The number of hydrogen-bond donors (Lipinski definition) is 3. The summed E-state index contributed by atoms with van der Waals surface area (Å²) in [4.78, 5) is 16.4. The molecule has 0 unspecified atom stereocenters. The number of imidazole rings is 1. The van der Waals surface area contributed by atoms with Crippen LogP contribution >= 0.6 is 0 Å². The molecule has 1 aromatic carbocycles. The fourth-order valence-electron chi connectivity index (χ4n) is 2.49. The Morgan fingerprint density at radius 1 is 1.41 bits per heavy atom. The van der Waals surface area contributed by atoms with Gasteiger partial charge in [0.2, 0.25) is 5.91 Å². The second-order valence-electron chi connectivity index (χ2n) is 5.44. The molecule has 0 aliphatic carbocycles. The number of aromatic nitrogens is 2. The van der Waals surface area contributed by atoms with Gasteiger partial charge in [-0.1, -0.05) is 19.1 Å². The summed E-state index contributed by atoms with van der Waals surface area (Å²) in [6.07, 6.45) is 0.400. The van der Waals surface area contributed by atoms with Gasteiger partial charge in [0.25, 0.3) is 0 Å². The van der Waals surface area contributed by atoms with Crippen molar-refractivity contribution in [1.29, 1.82) is 0 Å². The van der Waals surface area contributed by atoms with E-state index in [0.29, 0.717) is 12.2 Å². The first kappa shape index (κ1) is 16.5. The lowest BCUT2D eigenvalue weighted by Crippen LogP contribution is -2.30. The van der Waals surface area contributed by atoms with Crippen molar-refractivity contribution in [3.05, 3.63) is 30.1 Å². The average Bonchev–Trinajstić information content (AvgIpc) is 2.86. The Bertz CT molecular complexity index is 639. The average molecular weight is 305 g/mol. The van der Waals surface area contributed by atoms with Crippen LogP contribution in [0.15, 0.2) is 24.3 Å². The zero-order valence-corrected chi connectivity index (χ0v) is 13.0. The quantitative estimate of drug-likeness (QED) is 0.721. The van der Waals surface area contributed by atoms with Crippen LogP contribution in [0.25, 0.3) is 11.0 Å². The Kier molecular flexibility index (Phi) is 5.51. The lowest BCUT2D eigenvalue weighted by Gasteiger charge is -2.18. The Morgan fingerprint density at radius 3 is 2.82 bits per heavy atom. The Hall–Kier alpha value is -1.92. The van der Waals surface area contributed by atoms with Crippen LogP contribution < -0.4 is 5.32 Å². The molecule has 6 heteroatoms. The number of carbonyl (C=O) groups excluding carboxylic acids is 1. The molecule has 2 aromatic rings. The van der Waals surface area contributed by atoms with Crippen molar-refractivity contribution in [2.45, 2.75) is 45.4 Å². The highest BCUT2D eigenvalue weighted by Gasteiger charge is 2.19. The molecule has 1 heterocycles. The molecule has 0 spiro atoms. The van der Waals surface area contributed by atoms with E-state index >= 15 is 0 Å². The van der Waals surface area contributed by atoms with Crippen LogP contribution in [-0.2, 0) is 11.3 Å². The molecule has 2 atom stereocenters. The standard InChI is InChI=1S/C16H23N3O3/c1-3-6-15(22)17-11(2)16-18-13-7-4-5-8-14(13)19(16)9-12(21)10-20/h4-5,7-8,11-12,20-21H,3,6,9-10H2,1-2H3,(H,17,22)/t11-,12-/m1/s1. The Labute approximate surface area is 129 Å². The maximum Gasteiger partial charge on any atom is 0.220 e. The maximum atomic E-state index is 11.8. The molecule has 0 aliphatic rings. The molecule has 22 heavy (non-hydrogen) atoms. The Morgan fingerprint density at radius 2 is 2.14 bits per heavy atom. The third-order valence-electron chi connectivity index (χ3n) is 3.53. The van der Waals surface area contributed by atoms with Crippen molar-refractivity contribution in [2.75, 3.05) is 6.61 Å². The Balaban J connectivity index is 2.34. The van der Waals surface area contributed by atoms with Gasteiger partial charge in [0.1, 0.15) is 5.82 Å². The number of rotatable bonds is 7. The molecule has 2 rings (SSSR count). The largest absolute Gasteiger partial charge is 0.394 e. The molecule has 1 amide bonds. The normalized spacial score (nSPS) is 14.0. The van der Waals surface area contributed by atoms with Crippen molar-refractivity contribution < 1.29 is 15.0 Å². The summed E-state index contributed by atoms with van der Waals surface area (Å²) in [7, 11) is 0. The fourth-order valence-corrected chi connectivity index (χ4v) is 2.49. The van der Waals surface area contributed by atoms with E-state index in [2.05, 4.69) is 10.3 Å². The molecule has 0 saturated carbocycles.